The number of nitrogens with one attached hydrogen (secondary N) is 1. The average molecular weight is 228 g/mol. The van der Waals surface area contributed by atoms with Gasteiger partial charge in [-0.05, 0) is 25.6 Å². The second-order valence-electron chi connectivity index (χ2n) is 3.80. The zero-order valence-corrected chi connectivity index (χ0v) is 10.1. The van der Waals surface area contributed by atoms with E-state index in [1.54, 1.807) is 6.20 Å². The van der Waals surface area contributed by atoms with Crippen LogP contribution in [0.2, 0.25) is 0 Å². The van der Waals surface area contributed by atoms with Crippen LogP contribution in [0.3, 0.4) is 0 Å². The second kappa shape index (κ2) is 5.50. The molecule has 0 bridgehead atoms. The van der Waals surface area contributed by atoms with Gasteiger partial charge in [0.15, 0.2) is 5.82 Å². The van der Waals surface area contributed by atoms with Crippen LogP contribution < -0.4 is 5.32 Å². The molecule has 0 spiro atoms. The highest BCUT2D eigenvalue weighted by Crippen LogP contribution is 2.12. The van der Waals surface area contributed by atoms with Crippen molar-refractivity contribution in [2.75, 3.05) is 6.54 Å². The maximum atomic E-state index is 4.48. The molecule has 1 N–H and O–H groups in total. The molecule has 2 heterocycles. The molecule has 0 aliphatic carbocycles. The number of aromatic nitrogens is 3. The summed E-state index contributed by atoms with van der Waals surface area (Å²) in [6, 6.07) is 5.74. The molecule has 2 rings (SSSR count). The van der Waals surface area contributed by atoms with E-state index in [2.05, 4.69) is 27.2 Å². The molecule has 2 aromatic rings. The van der Waals surface area contributed by atoms with Gasteiger partial charge in [0.05, 0.1) is 0 Å². The molecule has 0 radical (unpaired) electrons. The highest BCUT2D eigenvalue weighted by molar-refractivity contribution is 5.48. The van der Waals surface area contributed by atoms with Crippen LogP contribution in [0.5, 0.6) is 0 Å². The molecule has 0 saturated heterocycles. The number of hydrogen-bond acceptors (Lipinski definition) is 4. The predicted molar refractivity (Wildman–Crippen MR) is 67.4 cm³/mol. The fourth-order valence-electron chi connectivity index (χ4n) is 1.54. The Bertz CT molecular complexity index is 482. The first-order valence-electron chi connectivity index (χ1n) is 5.76. The van der Waals surface area contributed by atoms with Crippen LogP contribution in [0.15, 0.2) is 30.6 Å². The van der Waals surface area contributed by atoms with E-state index in [1.807, 2.05) is 31.3 Å². The van der Waals surface area contributed by atoms with Crippen LogP contribution in [0.25, 0.3) is 11.5 Å². The first kappa shape index (κ1) is 11.7. The van der Waals surface area contributed by atoms with Crippen LogP contribution >= 0.6 is 0 Å². The molecule has 0 aliphatic rings. The highest BCUT2D eigenvalue weighted by Gasteiger charge is 2.05. The minimum atomic E-state index is 0.684. The molecule has 0 aliphatic heterocycles. The Kier molecular flexibility index (Phi) is 3.77. The Labute approximate surface area is 101 Å². The predicted octanol–water partition coefficient (Wildman–Crippen LogP) is 1.96. The van der Waals surface area contributed by atoms with Crippen molar-refractivity contribution >= 4 is 0 Å². The Morgan fingerprint density at radius 1 is 1.24 bits per heavy atom. The smallest absolute Gasteiger partial charge is 0.178 e. The van der Waals surface area contributed by atoms with E-state index in [9.17, 15) is 0 Å². The molecule has 0 saturated carbocycles. The van der Waals surface area contributed by atoms with Gasteiger partial charge in [-0.15, -0.1) is 0 Å². The first-order chi connectivity index (χ1) is 8.31. The Morgan fingerprint density at radius 3 is 2.76 bits per heavy atom. The van der Waals surface area contributed by atoms with Crippen molar-refractivity contribution in [3.63, 3.8) is 0 Å². The lowest BCUT2D eigenvalue weighted by atomic mass is 10.2. The monoisotopic (exact) mass is 228 g/mol. The third-order valence-corrected chi connectivity index (χ3v) is 2.54. The van der Waals surface area contributed by atoms with E-state index in [0.29, 0.717) is 5.82 Å². The normalized spacial score (nSPS) is 10.5. The number of pyridine rings is 1. The van der Waals surface area contributed by atoms with Crippen molar-refractivity contribution in [1.29, 1.82) is 0 Å². The van der Waals surface area contributed by atoms with Crippen LogP contribution in [-0.4, -0.2) is 21.5 Å². The summed E-state index contributed by atoms with van der Waals surface area (Å²) in [5.41, 5.74) is 2.94. The molecule has 4 heteroatoms. The Morgan fingerprint density at radius 2 is 2.12 bits per heavy atom. The lowest BCUT2D eigenvalue weighted by molar-refractivity contribution is 0.716. The third-order valence-electron chi connectivity index (χ3n) is 2.54. The largest absolute Gasteiger partial charge is 0.313 e. The zero-order valence-electron chi connectivity index (χ0n) is 10.1. The maximum Gasteiger partial charge on any atom is 0.178 e. The van der Waals surface area contributed by atoms with E-state index < -0.39 is 0 Å². The maximum absolute atomic E-state index is 4.48. The van der Waals surface area contributed by atoms with E-state index >= 15 is 0 Å². The summed E-state index contributed by atoms with van der Waals surface area (Å²) in [7, 11) is 0. The lowest BCUT2D eigenvalue weighted by Crippen LogP contribution is -2.13. The fourth-order valence-corrected chi connectivity index (χ4v) is 1.54. The molecular formula is C13H16N4. The van der Waals surface area contributed by atoms with E-state index in [-0.39, 0.29) is 0 Å². The summed E-state index contributed by atoms with van der Waals surface area (Å²) in [6.45, 7) is 5.84. The van der Waals surface area contributed by atoms with Gasteiger partial charge in [-0.1, -0.05) is 13.0 Å². The fraction of sp³-hybridized carbons (Fsp3) is 0.308. The van der Waals surface area contributed by atoms with Gasteiger partial charge < -0.3 is 5.32 Å². The van der Waals surface area contributed by atoms with Crippen molar-refractivity contribution in [2.24, 2.45) is 0 Å². The van der Waals surface area contributed by atoms with Crippen molar-refractivity contribution in [1.82, 2.24) is 20.3 Å². The summed E-state index contributed by atoms with van der Waals surface area (Å²) < 4.78 is 0. The SMILES string of the molecule is CCNCc1cnc(-c2ccccn2)nc1C. The van der Waals surface area contributed by atoms with E-state index in [1.165, 1.54) is 0 Å². The topological polar surface area (TPSA) is 50.7 Å². The average Bonchev–Trinajstić information content (AvgIpc) is 2.38. The molecule has 0 atom stereocenters. The summed E-state index contributed by atoms with van der Waals surface area (Å²) in [5.74, 6) is 0.684. The molecule has 17 heavy (non-hydrogen) atoms. The zero-order chi connectivity index (χ0) is 12.1. The number of rotatable bonds is 4. The molecule has 4 nitrogen and oxygen atoms in total. The van der Waals surface area contributed by atoms with Crippen LogP contribution in [0.1, 0.15) is 18.2 Å². The van der Waals surface area contributed by atoms with Gasteiger partial charge >= 0.3 is 0 Å². The van der Waals surface area contributed by atoms with E-state index in [4.69, 9.17) is 0 Å². The summed E-state index contributed by atoms with van der Waals surface area (Å²) in [4.78, 5) is 13.1. The van der Waals surface area contributed by atoms with Crippen LogP contribution in [-0.2, 0) is 6.54 Å². The van der Waals surface area contributed by atoms with E-state index in [0.717, 1.165) is 30.0 Å². The minimum absolute atomic E-state index is 0.684. The molecule has 2 aromatic heterocycles. The van der Waals surface area contributed by atoms with Crippen LogP contribution in [0.4, 0.5) is 0 Å². The highest BCUT2D eigenvalue weighted by atomic mass is 14.9. The molecule has 0 amide bonds. The second-order valence-corrected chi connectivity index (χ2v) is 3.80. The number of hydrogen-bond donors (Lipinski definition) is 1. The molecule has 0 fully saturated rings. The van der Waals surface area contributed by atoms with Crippen molar-refractivity contribution in [2.45, 2.75) is 20.4 Å². The number of nitrogens with zero attached hydrogens (tertiary/aromatic N) is 3. The van der Waals surface area contributed by atoms with Crippen molar-refractivity contribution in [3.8, 4) is 11.5 Å². The van der Waals surface area contributed by atoms with Gasteiger partial charge in [-0.25, -0.2) is 9.97 Å². The first-order valence-corrected chi connectivity index (χ1v) is 5.76. The van der Waals surface area contributed by atoms with Crippen LogP contribution in [0, 0.1) is 6.92 Å². The van der Waals surface area contributed by atoms with Crippen molar-refractivity contribution in [3.05, 3.63) is 41.9 Å². The Balaban J connectivity index is 2.25. The third kappa shape index (κ3) is 2.85. The summed E-state index contributed by atoms with van der Waals surface area (Å²) in [6.07, 6.45) is 3.62. The van der Waals surface area contributed by atoms with Gasteiger partial charge in [0.1, 0.15) is 5.69 Å². The summed E-state index contributed by atoms with van der Waals surface area (Å²) in [5, 5.41) is 3.27. The molecule has 88 valence electrons. The van der Waals surface area contributed by atoms with Gasteiger partial charge in [0.2, 0.25) is 0 Å². The minimum Gasteiger partial charge on any atom is -0.313 e. The van der Waals surface area contributed by atoms with Crippen molar-refractivity contribution < 1.29 is 0 Å². The van der Waals surface area contributed by atoms with Gasteiger partial charge in [0, 0.05) is 30.2 Å². The van der Waals surface area contributed by atoms with Gasteiger partial charge in [-0.3, -0.25) is 4.98 Å². The number of aryl methyl sites for hydroxylation is 1. The lowest BCUT2D eigenvalue weighted by Gasteiger charge is -2.06. The molecule has 0 unspecified atom stereocenters. The van der Waals surface area contributed by atoms with Gasteiger partial charge in [0.25, 0.3) is 0 Å². The Hall–Kier alpha value is -1.81. The quantitative estimate of drug-likeness (QED) is 0.869. The molecular weight excluding hydrogens is 212 g/mol. The molecule has 0 aromatic carbocycles. The summed E-state index contributed by atoms with van der Waals surface area (Å²) >= 11 is 0. The van der Waals surface area contributed by atoms with Gasteiger partial charge in [-0.2, -0.15) is 0 Å². The standard InChI is InChI=1S/C13H16N4/c1-3-14-8-11-9-16-13(17-10(11)2)12-6-4-5-7-15-12/h4-7,9,14H,3,8H2,1-2H3.